The fraction of sp³-hybridized carbons (Fsp3) is 0.214. The highest BCUT2D eigenvalue weighted by Gasteiger charge is 2.18. The third-order valence-corrected chi connectivity index (χ3v) is 6.11. The van der Waals surface area contributed by atoms with Crippen LogP contribution in [0.3, 0.4) is 0 Å². The molecule has 0 amide bonds. The Hall–Kier alpha value is -4.06. The number of ether oxygens (including phenoxy) is 1. The summed E-state index contributed by atoms with van der Waals surface area (Å²) in [5.74, 6) is 2.39. The van der Waals surface area contributed by atoms with Crippen molar-refractivity contribution in [2.75, 3.05) is 6.61 Å². The van der Waals surface area contributed by atoms with Crippen LogP contribution in [-0.4, -0.2) is 26.5 Å². The van der Waals surface area contributed by atoms with Crippen LogP contribution in [0.1, 0.15) is 24.4 Å². The fourth-order valence-corrected chi connectivity index (χ4v) is 4.28. The van der Waals surface area contributed by atoms with E-state index in [4.69, 9.17) is 9.15 Å². The van der Waals surface area contributed by atoms with E-state index >= 15 is 0 Å². The van der Waals surface area contributed by atoms with Crippen molar-refractivity contribution in [3.8, 4) is 17.2 Å². The van der Waals surface area contributed by atoms with Crippen molar-refractivity contribution in [2.24, 2.45) is 0 Å². The van der Waals surface area contributed by atoms with E-state index in [1.54, 1.807) is 6.92 Å². The van der Waals surface area contributed by atoms with Crippen molar-refractivity contribution in [3.63, 3.8) is 0 Å². The molecule has 0 aliphatic rings. The van der Waals surface area contributed by atoms with Crippen molar-refractivity contribution in [3.05, 3.63) is 96.8 Å². The largest absolute Gasteiger partial charge is 0.492 e. The number of aryl methyl sites for hydroxylation is 1. The van der Waals surface area contributed by atoms with Crippen molar-refractivity contribution in [1.82, 2.24) is 14.1 Å². The first-order chi connectivity index (χ1) is 16.6. The number of Topliss-reactive ketones (excluding diaryl/α,β-unsaturated/α-hetero) is 1. The summed E-state index contributed by atoms with van der Waals surface area (Å²) in [7, 11) is 0. The van der Waals surface area contributed by atoms with Gasteiger partial charge < -0.3 is 18.3 Å². The fourth-order valence-electron chi connectivity index (χ4n) is 4.28. The van der Waals surface area contributed by atoms with E-state index in [1.807, 2.05) is 90.7 Å². The summed E-state index contributed by atoms with van der Waals surface area (Å²) in [5.41, 5.74) is 2.91. The lowest BCUT2D eigenvalue weighted by Gasteiger charge is -2.18. The van der Waals surface area contributed by atoms with E-state index in [-0.39, 0.29) is 11.8 Å². The quantitative estimate of drug-likeness (QED) is 0.281. The number of carbonyl (C=O) groups excluding carboxylic acids is 1. The van der Waals surface area contributed by atoms with E-state index in [1.165, 1.54) is 0 Å². The molecule has 0 unspecified atom stereocenters. The third kappa shape index (κ3) is 4.39. The highest BCUT2D eigenvalue weighted by molar-refractivity contribution is 5.87. The highest BCUT2D eigenvalue weighted by Crippen LogP contribution is 2.28. The van der Waals surface area contributed by atoms with Crippen LogP contribution in [0.2, 0.25) is 0 Å². The van der Waals surface area contributed by atoms with Gasteiger partial charge in [-0.05, 0) is 56.3 Å². The first-order valence-electron chi connectivity index (χ1n) is 11.5. The lowest BCUT2D eigenvalue weighted by atomic mass is 10.2. The van der Waals surface area contributed by atoms with Crippen LogP contribution in [0.5, 0.6) is 5.75 Å². The number of fused-ring (bicyclic) bond motifs is 1. The van der Waals surface area contributed by atoms with E-state index in [9.17, 15) is 4.79 Å². The van der Waals surface area contributed by atoms with Gasteiger partial charge in [-0.1, -0.05) is 24.3 Å². The van der Waals surface area contributed by atoms with Crippen molar-refractivity contribution < 1.29 is 13.9 Å². The first-order valence-corrected chi connectivity index (χ1v) is 11.5. The topological polar surface area (TPSA) is 62.2 Å². The molecule has 2 aromatic carbocycles. The normalized spacial score (nSPS) is 12.2. The van der Waals surface area contributed by atoms with E-state index in [0.717, 1.165) is 33.7 Å². The zero-order valence-corrected chi connectivity index (χ0v) is 19.3. The Morgan fingerprint density at radius 2 is 1.79 bits per heavy atom. The zero-order chi connectivity index (χ0) is 23.5. The Balaban J connectivity index is 1.30. The third-order valence-electron chi connectivity index (χ3n) is 6.11. The smallest absolute Gasteiger partial charge is 0.226 e. The van der Waals surface area contributed by atoms with Gasteiger partial charge in [0.15, 0.2) is 5.78 Å². The minimum Gasteiger partial charge on any atom is -0.492 e. The van der Waals surface area contributed by atoms with Gasteiger partial charge in [-0.2, -0.15) is 0 Å². The molecule has 0 aliphatic heterocycles. The average molecular weight is 454 g/mol. The van der Waals surface area contributed by atoms with Crippen molar-refractivity contribution in [1.29, 1.82) is 0 Å². The van der Waals surface area contributed by atoms with Crippen molar-refractivity contribution in [2.45, 2.75) is 32.9 Å². The highest BCUT2D eigenvalue weighted by atomic mass is 16.5. The van der Waals surface area contributed by atoms with Gasteiger partial charge in [-0.25, -0.2) is 4.98 Å². The zero-order valence-electron chi connectivity index (χ0n) is 19.3. The van der Waals surface area contributed by atoms with Crippen molar-refractivity contribution >= 4 is 16.7 Å². The van der Waals surface area contributed by atoms with Crippen LogP contribution in [-0.2, 0) is 17.8 Å². The van der Waals surface area contributed by atoms with Gasteiger partial charge in [0.1, 0.15) is 17.6 Å². The number of hydrogen-bond acceptors (Lipinski definition) is 4. The van der Waals surface area contributed by atoms with Gasteiger partial charge >= 0.3 is 0 Å². The number of oxazole rings is 1. The predicted octanol–water partition coefficient (Wildman–Crippen LogP) is 5.86. The monoisotopic (exact) mass is 453 g/mol. The minimum atomic E-state index is -0.246. The molecule has 0 N–H and O–H groups in total. The van der Waals surface area contributed by atoms with Gasteiger partial charge in [0.25, 0.3) is 0 Å². The molecule has 5 aromatic rings. The van der Waals surface area contributed by atoms with Crippen LogP contribution in [0, 0.1) is 6.92 Å². The Labute approximate surface area is 198 Å². The van der Waals surface area contributed by atoms with Crippen LogP contribution in [0.4, 0.5) is 0 Å². The SMILES string of the molecule is CC(=O)[C@H](Cn1ccc2c(OCCc3nc(-c4ccccc4)oc3C)cccc21)n1cccc1. The molecule has 0 bridgehead atoms. The molecule has 0 spiro atoms. The summed E-state index contributed by atoms with van der Waals surface area (Å²) in [6.45, 7) is 4.63. The number of hydrogen-bond donors (Lipinski definition) is 0. The number of carbonyl (C=O) groups is 1. The molecule has 0 aliphatic carbocycles. The summed E-state index contributed by atoms with van der Waals surface area (Å²) in [4.78, 5) is 17.0. The summed E-state index contributed by atoms with van der Waals surface area (Å²) in [5, 5.41) is 1.03. The molecule has 3 aromatic heterocycles. The number of benzene rings is 2. The lowest BCUT2D eigenvalue weighted by Crippen LogP contribution is -2.21. The maximum Gasteiger partial charge on any atom is 0.226 e. The van der Waals surface area contributed by atoms with E-state index in [2.05, 4.69) is 15.6 Å². The Morgan fingerprint density at radius 1 is 1.00 bits per heavy atom. The maximum absolute atomic E-state index is 12.3. The molecule has 1 atom stereocenters. The predicted molar refractivity (Wildman–Crippen MR) is 132 cm³/mol. The molecule has 6 nitrogen and oxygen atoms in total. The van der Waals surface area contributed by atoms with Gasteiger partial charge in [0.05, 0.1) is 24.4 Å². The standard InChI is InChI=1S/C28H27N3O3/c1-20(32)26(30-15-6-7-16-30)19-31-17-13-23-25(31)11-8-12-27(23)33-18-14-24-21(2)34-28(29-24)22-9-4-3-5-10-22/h3-13,15-17,26H,14,18-19H2,1-2H3/t26-/m0/s1. The molecule has 6 heteroatoms. The lowest BCUT2D eigenvalue weighted by molar-refractivity contribution is -0.120. The minimum absolute atomic E-state index is 0.128. The number of rotatable bonds is 9. The maximum atomic E-state index is 12.3. The van der Waals surface area contributed by atoms with Crippen LogP contribution in [0.15, 0.2) is 89.7 Å². The van der Waals surface area contributed by atoms with Gasteiger partial charge in [0, 0.05) is 36.0 Å². The van der Waals surface area contributed by atoms with E-state index in [0.29, 0.717) is 25.5 Å². The Kier molecular flexibility index (Phi) is 6.04. The molecule has 5 rings (SSSR count). The van der Waals surface area contributed by atoms with E-state index < -0.39 is 0 Å². The van der Waals surface area contributed by atoms with Gasteiger partial charge in [-0.15, -0.1) is 0 Å². The summed E-state index contributed by atoms with van der Waals surface area (Å²) >= 11 is 0. The molecule has 172 valence electrons. The molecule has 3 heterocycles. The van der Waals surface area contributed by atoms with Crippen LogP contribution >= 0.6 is 0 Å². The number of ketones is 1. The van der Waals surface area contributed by atoms with Crippen LogP contribution in [0.25, 0.3) is 22.4 Å². The summed E-state index contributed by atoms with van der Waals surface area (Å²) in [6.07, 6.45) is 6.53. The average Bonchev–Trinajstić information content (AvgIpc) is 3.59. The van der Waals surface area contributed by atoms with Gasteiger partial charge in [0.2, 0.25) is 5.89 Å². The molecular weight excluding hydrogens is 426 g/mol. The second-order valence-electron chi connectivity index (χ2n) is 8.40. The molecule has 0 saturated heterocycles. The molecule has 0 fully saturated rings. The number of aromatic nitrogens is 3. The first kappa shape index (κ1) is 21.8. The molecule has 0 radical (unpaired) electrons. The van der Waals surface area contributed by atoms with Gasteiger partial charge in [-0.3, -0.25) is 4.79 Å². The van der Waals surface area contributed by atoms with Crippen LogP contribution < -0.4 is 4.74 Å². The molecule has 0 saturated carbocycles. The molecule has 34 heavy (non-hydrogen) atoms. The second kappa shape index (κ2) is 9.43. The molecular formula is C28H27N3O3. The summed E-state index contributed by atoms with van der Waals surface area (Å²) in [6, 6.07) is 21.6. The Morgan fingerprint density at radius 3 is 2.56 bits per heavy atom. The summed E-state index contributed by atoms with van der Waals surface area (Å²) < 4.78 is 16.1. The second-order valence-corrected chi connectivity index (χ2v) is 8.40. The Bertz CT molecular complexity index is 1400. The number of nitrogens with zero attached hydrogens (tertiary/aromatic N) is 3.